The Labute approximate surface area is 119 Å². The van der Waals surface area contributed by atoms with Gasteiger partial charge in [0.15, 0.2) is 0 Å². The second-order valence-corrected chi connectivity index (χ2v) is 6.95. The zero-order valence-electron chi connectivity index (χ0n) is 8.65. The van der Waals surface area contributed by atoms with Crippen LogP contribution >= 0.6 is 43.2 Å². The van der Waals surface area contributed by atoms with Gasteiger partial charge in [-0.25, -0.2) is 4.79 Å². The Morgan fingerprint density at radius 3 is 2.71 bits per heavy atom. The molecule has 1 aromatic rings. The molecule has 1 N–H and O–H groups in total. The van der Waals surface area contributed by atoms with Crippen LogP contribution in [0.25, 0.3) is 0 Å². The van der Waals surface area contributed by atoms with Gasteiger partial charge in [-0.1, -0.05) is 0 Å². The van der Waals surface area contributed by atoms with Gasteiger partial charge in [-0.2, -0.15) is 0 Å². The highest BCUT2D eigenvalue weighted by molar-refractivity contribution is 9.13. The maximum absolute atomic E-state index is 12.2. The van der Waals surface area contributed by atoms with E-state index in [1.165, 1.54) is 16.2 Å². The van der Waals surface area contributed by atoms with E-state index >= 15 is 0 Å². The number of halogens is 2. The lowest BCUT2D eigenvalue weighted by atomic mass is 10.2. The Hall–Kier alpha value is -0.400. The topological polar surface area (TPSA) is 57.6 Å². The van der Waals surface area contributed by atoms with E-state index in [2.05, 4.69) is 31.9 Å². The van der Waals surface area contributed by atoms with Crippen molar-refractivity contribution in [3.05, 3.63) is 19.2 Å². The highest BCUT2D eigenvalue weighted by Crippen LogP contribution is 2.34. The monoisotopic (exact) mass is 381 g/mol. The third-order valence-corrected chi connectivity index (χ3v) is 5.90. The van der Waals surface area contributed by atoms with Gasteiger partial charge in [0.1, 0.15) is 6.04 Å². The summed E-state index contributed by atoms with van der Waals surface area (Å²) in [7, 11) is 0. The molecule has 2 rings (SSSR count). The zero-order valence-corrected chi connectivity index (χ0v) is 12.6. The number of hydrogen-bond donors (Lipinski definition) is 1. The summed E-state index contributed by atoms with van der Waals surface area (Å²) >= 11 is 7.94. The van der Waals surface area contributed by atoms with Crippen molar-refractivity contribution in [2.75, 3.05) is 6.54 Å². The van der Waals surface area contributed by atoms with Crippen LogP contribution in [0, 0.1) is 0 Å². The molecule has 1 aliphatic rings. The van der Waals surface area contributed by atoms with Crippen LogP contribution in [0.5, 0.6) is 0 Å². The normalized spacial score (nSPS) is 19.6. The van der Waals surface area contributed by atoms with Crippen LogP contribution in [-0.4, -0.2) is 34.5 Å². The van der Waals surface area contributed by atoms with Crippen LogP contribution < -0.4 is 0 Å². The summed E-state index contributed by atoms with van der Waals surface area (Å²) in [6.07, 6.45) is 1.28. The maximum atomic E-state index is 12.2. The van der Waals surface area contributed by atoms with Crippen LogP contribution in [0.1, 0.15) is 22.5 Å². The fraction of sp³-hybridized carbons (Fsp3) is 0.400. The molecule has 1 amide bonds. The quantitative estimate of drug-likeness (QED) is 0.855. The van der Waals surface area contributed by atoms with Gasteiger partial charge < -0.3 is 10.0 Å². The molecular formula is C10H9Br2NO3S. The van der Waals surface area contributed by atoms with Crippen molar-refractivity contribution in [3.63, 3.8) is 0 Å². The highest BCUT2D eigenvalue weighted by Gasteiger charge is 2.35. The predicted molar refractivity (Wildman–Crippen MR) is 71.4 cm³/mol. The number of aliphatic carboxylic acids is 1. The summed E-state index contributed by atoms with van der Waals surface area (Å²) in [4.78, 5) is 25.2. The minimum atomic E-state index is -0.925. The van der Waals surface area contributed by atoms with Crippen molar-refractivity contribution in [2.45, 2.75) is 18.9 Å². The molecule has 0 spiro atoms. The van der Waals surface area contributed by atoms with Gasteiger partial charge in [0.05, 0.1) is 8.66 Å². The van der Waals surface area contributed by atoms with E-state index in [0.29, 0.717) is 17.8 Å². The molecule has 1 fully saturated rings. The van der Waals surface area contributed by atoms with E-state index in [9.17, 15) is 9.59 Å². The molecule has 0 unspecified atom stereocenters. The van der Waals surface area contributed by atoms with Gasteiger partial charge in [0, 0.05) is 11.0 Å². The Bertz CT molecular complexity index is 455. The lowest BCUT2D eigenvalue weighted by Gasteiger charge is -2.20. The number of carboxylic acid groups (broad SMARTS) is 1. The molecule has 1 saturated heterocycles. The van der Waals surface area contributed by atoms with Crippen LogP contribution in [0.15, 0.2) is 14.3 Å². The fourth-order valence-corrected chi connectivity index (χ4v) is 3.85. The number of rotatable bonds is 2. The number of likely N-dealkylation sites (tertiary alicyclic amines) is 1. The lowest BCUT2D eigenvalue weighted by Crippen LogP contribution is -2.40. The summed E-state index contributed by atoms with van der Waals surface area (Å²) in [5.74, 6) is -1.13. The molecule has 2 heterocycles. The molecule has 1 aliphatic heterocycles. The molecule has 0 radical (unpaired) electrons. The third kappa shape index (κ3) is 2.56. The van der Waals surface area contributed by atoms with Gasteiger partial charge in [0.25, 0.3) is 5.91 Å². The van der Waals surface area contributed by atoms with E-state index in [1.807, 2.05) is 0 Å². The molecule has 7 heteroatoms. The molecule has 0 saturated carbocycles. The van der Waals surface area contributed by atoms with Crippen molar-refractivity contribution in [1.29, 1.82) is 0 Å². The van der Waals surface area contributed by atoms with Crippen LogP contribution in [0.3, 0.4) is 0 Å². The molecule has 0 aromatic carbocycles. The smallest absolute Gasteiger partial charge is 0.326 e. The third-order valence-electron chi connectivity index (χ3n) is 2.65. The molecule has 1 aromatic heterocycles. The lowest BCUT2D eigenvalue weighted by molar-refractivity contribution is -0.141. The molecule has 92 valence electrons. The number of thiophene rings is 1. The average molecular weight is 383 g/mol. The van der Waals surface area contributed by atoms with Gasteiger partial charge in [-0.05, 0) is 50.8 Å². The molecule has 0 bridgehead atoms. The van der Waals surface area contributed by atoms with Gasteiger partial charge in [-0.3, -0.25) is 4.79 Å². The number of carboxylic acids is 1. The minimum absolute atomic E-state index is 0.202. The summed E-state index contributed by atoms with van der Waals surface area (Å²) in [5, 5.41) is 9.03. The standard InChI is InChI=1S/C10H9Br2NO3S/c11-5-4-7(17-8(5)12)9(14)13-3-1-2-6(13)10(15)16/h4,6H,1-3H2,(H,15,16)/t6-/m0/s1. The van der Waals surface area contributed by atoms with Crippen molar-refractivity contribution in [3.8, 4) is 0 Å². The number of amides is 1. The first-order valence-corrected chi connectivity index (χ1v) is 7.39. The Morgan fingerprint density at radius 1 is 1.47 bits per heavy atom. The first kappa shape index (κ1) is 13.0. The van der Waals surface area contributed by atoms with E-state index in [0.717, 1.165) is 14.7 Å². The number of hydrogen-bond acceptors (Lipinski definition) is 3. The van der Waals surface area contributed by atoms with Gasteiger partial charge in [0.2, 0.25) is 0 Å². The van der Waals surface area contributed by atoms with E-state index in [1.54, 1.807) is 6.07 Å². The molecule has 0 aliphatic carbocycles. The maximum Gasteiger partial charge on any atom is 0.326 e. The summed E-state index contributed by atoms with van der Waals surface area (Å²) < 4.78 is 1.66. The van der Waals surface area contributed by atoms with Gasteiger partial charge >= 0.3 is 5.97 Å². The zero-order chi connectivity index (χ0) is 12.6. The van der Waals surface area contributed by atoms with Gasteiger partial charge in [-0.15, -0.1) is 11.3 Å². The molecular weight excluding hydrogens is 374 g/mol. The predicted octanol–water partition coefficient (Wildman–Crippen LogP) is 2.96. The number of nitrogens with zero attached hydrogens (tertiary/aromatic N) is 1. The van der Waals surface area contributed by atoms with Crippen molar-refractivity contribution in [1.82, 2.24) is 4.90 Å². The van der Waals surface area contributed by atoms with Crippen LogP contribution in [0.2, 0.25) is 0 Å². The van der Waals surface area contributed by atoms with Crippen LogP contribution in [-0.2, 0) is 4.79 Å². The summed E-state index contributed by atoms with van der Waals surface area (Å²) in [5.41, 5.74) is 0. The number of carbonyl (C=O) groups is 2. The van der Waals surface area contributed by atoms with E-state index < -0.39 is 12.0 Å². The average Bonchev–Trinajstić information content (AvgIpc) is 2.85. The SMILES string of the molecule is O=C(O)[C@@H]1CCCN1C(=O)c1cc(Br)c(Br)s1. The minimum Gasteiger partial charge on any atom is -0.480 e. The first-order valence-electron chi connectivity index (χ1n) is 4.99. The van der Waals surface area contributed by atoms with E-state index in [-0.39, 0.29) is 5.91 Å². The number of carbonyl (C=O) groups excluding carboxylic acids is 1. The van der Waals surface area contributed by atoms with E-state index in [4.69, 9.17) is 5.11 Å². The second-order valence-electron chi connectivity index (χ2n) is 3.73. The summed E-state index contributed by atoms with van der Waals surface area (Å²) in [6, 6.07) is 1.04. The molecule has 4 nitrogen and oxygen atoms in total. The molecule has 17 heavy (non-hydrogen) atoms. The van der Waals surface area contributed by atoms with Crippen molar-refractivity contribution >= 4 is 55.1 Å². The summed E-state index contributed by atoms with van der Waals surface area (Å²) in [6.45, 7) is 0.517. The largest absolute Gasteiger partial charge is 0.480 e. The molecule has 1 atom stereocenters. The second kappa shape index (κ2) is 5.07. The van der Waals surface area contributed by atoms with Crippen molar-refractivity contribution < 1.29 is 14.7 Å². The fourth-order valence-electron chi connectivity index (χ4n) is 1.86. The Balaban J connectivity index is 2.22. The first-order chi connectivity index (χ1) is 8.00. The van der Waals surface area contributed by atoms with Crippen LogP contribution in [0.4, 0.5) is 0 Å². The Morgan fingerprint density at radius 2 is 2.18 bits per heavy atom. The van der Waals surface area contributed by atoms with Crippen molar-refractivity contribution in [2.24, 2.45) is 0 Å². The Kier molecular flexibility index (Phi) is 3.89. The highest BCUT2D eigenvalue weighted by atomic mass is 79.9.